The van der Waals surface area contributed by atoms with Gasteiger partial charge in [0.15, 0.2) is 0 Å². The average Bonchev–Trinajstić information content (AvgIpc) is 2.55. The number of ether oxygens (including phenoxy) is 1. The fraction of sp³-hybridized carbons (Fsp3) is 0.611. The number of hydrogen-bond donors (Lipinski definition) is 0. The van der Waals surface area contributed by atoms with Crippen molar-refractivity contribution in [2.45, 2.75) is 32.7 Å². The van der Waals surface area contributed by atoms with E-state index in [2.05, 4.69) is 37.9 Å². The number of carbonyl (C=O) groups is 1. The third-order valence-corrected chi connectivity index (χ3v) is 5.12. The highest BCUT2D eigenvalue weighted by Crippen LogP contribution is 2.34. The molecule has 0 aromatic heterocycles. The number of nitrogens with zero attached hydrogens (tertiary/aromatic N) is 2. The van der Waals surface area contributed by atoms with Gasteiger partial charge in [-0.1, -0.05) is 13.8 Å². The van der Waals surface area contributed by atoms with Crippen LogP contribution in [0.1, 0.15) is 36.2 Å². The van der Waals surface area contributed by atoms with Gasteiger partial charge >= 0.3 is 0 Å². The molecule has 2 atom stereocenters. The second kappa shape index (κ2) is 6.29. The van der Waals surface area contributed by atoms with Crippen LogP contribution >= 0.6 is 0 Å². The minimum atomic E-state index is 0.138. The maximum atomic E-state index is 12.6. The summed E-state index contributed by atoms with van der Waals surface area (Å²) in [5.41, 5.74) is 3.40. The summed E-state index contributed by atoms with van der Waals surface area (Å²) >= 11 is 0. The summed E-state index contributed by atoms with van der Waals surface area (Å²) in [7, 11) is 2.17. The smallest absolute Gasteiger partial charge is 0.254 e. The van der Waals surface area contributed by atoms with E-state index < -0.39 is 0 Å². The molecule has 0 bridgehead atoms. The number of amides is 1. The highest BCUT2D eigenvalue weighted by atomic mass is 16.5. The molecule has 1 aromatic rings. The summed E-state index contributed by atoms with van der Waals surface area (Å²) in [4.78, 5) is 16.9. The second-order valence-corrected chi connectivity index (χ2v) is 6.52. The highest BCUT2D eigenvalue weighted by molar-refractivity contribution is 5.95. The third-order valence-electron chi connectivity index (χ3n) is 5.12. The zero-order chi connectivity index (χ0) is 15.7. The average molecular weight is 302 g/mol. The van der Waals surface area contributed by atoms with Crippen LogP contribution in [-0.4, -0.2) is 50.2 Å². The van der Waals surface area contributed by atoms with Crippen LogP contribution in [0.2, 0.25) is 0 Å². The van der Waals surface area contributed by atoms with E-state index in [-0.39, 0.29) is 5.91 Å². The van der Waals surface area contributed by atoms with E-state index in [1.807, 2.05) is 11.0 Å². The number of carbonyl (C=O) groups excluding carboxylic acids is 1. The van der Waals surface area contributed by atoms with Crippen molar-refractivity contribution in [1.29, 1.82) is 0 Å². The van der Waals surface area contributed by atoms with Gasteiger partial charge in [-0.15, -0.1) is 0 Å². The van der Waals surface area contributed by atoms with Crippen LogP contribution in [0.4, 0.5) is 5.69 Å². The van der Waals surface area contributed by atoms with Crippen LogP contribution in [0.5, 0.6) is 0 Å². The van der Waals surface area contributed by atoms with Crippen LogP contribution in [0.3, 0.4) is 0 Å². The second-order valence-electron chi connectivity index (χ2n) is 6.52. The molecule has 1 aromatic carbocycles. The molecule has 0 unspecified atom stereocenters. The predicted octanol–water partition coefficient (Wildman–Crippen LogP) is 2.57. The van der Waals surface area contributed by atoms with Crippen LogP contribution < -0.4 is 4.90 Å². The van der Waals surface area contributed by atoms with Crippen molar-refractivity contribution in [3.8, 4) is 0 Å². The Kier molecular flexibility index (Phi) is 4.39. The van der Waals surface area contributed by atoms with Crippen LogP contribution in [0.25, 0.3) is 0 Å². The minimum Gasteiger partial charge on any atom is -0.378 e. The normalized spacial score (nSPS) is 25.0. The molecule has 2 heterocycles. The van der Waals surface area contributed by atoms with Crippen molar-refractivity contribution in [2.24, 2.45) is 5.92 Å². The first-order valence-electron chi connectivity index (χ1n) is 8.34. The lowest BCUT2D eigenvalue weighted by molar-refractivity contribution is 0.0303. The van der Waals surface area contributed by atoms with Gasteiger partial charge in [0.25, 0.3) is 5.91 Å². The van der Waals surface area contributed by atoms with Gasteiger partial charge in [0.05, 0.1) is 13.2 Å². The van der Waals surface area contributed by atoms with Crippen molar-refractivity contribution < 1.29 is 9.53 Å². The van der Waals surface area contributed by atoms with E-state index in [0.29, 0.717) is 38.3 Å². The molecule has 1 fully saturated rings. The van der Waals surface area contributed by atoms with Crippen LogP contribution in [0, 0.1) is 5.92 Å². The quantitative estimate of drug-likeness (QED) is 0.842. The standard InChI is InChI=1S/C18H26N2O2/c1-4-16-13(2)11-15-12-14(5-6-17(15)19(16)3)18(21)20-7-9-22-10-8-20/h5-6,12-13,16H,4,7-11H2,1-3H3/t13-,16+/m1/s1. The number of rotatable bonds is 2. The molecule has 4 heteroatoms. The monoisotopic (exact) mass is 302 g/mol. The first kappa shape index (κ1) is 15.3. The molecule has 22 heavy (non-hydrogen) atoms. The zero-order valence-corrected chi connectivity index (χ0v) is 13.8. The molecular weight excluding hydrogens is 276 g/mol. The zero-order valence-electron chi connectivity index (χ0n) is 13.8. The van der Waals surface area contributed by atoms with E-state index in [0.717, 1.165) is 18.4 Å². The number of hydrogen-bond acceptors (Lipinski definition) is 3. The molecular formula is C18H26N2O2. The number of anilines is 1. The molecule has 2 aliphatic heterocycles. The Morgan fingerprint density at radius 3 is 2.73 bits per heavy atom. The largest absolute Gasteiger partial charge is 0.378 e. The fourth-order valence-corrected chi connectivity index (χ4v) is 3.89. The van der Waals surface area contributed by atoms with Gasteiger partial charge in [-0.3, -0.25) is 4.79 Å². The topological polar surface area (TPSA) is 32.8 Å². The maximum Gasteiger partial charge on any atom is 0.254 e. The van der Waals surface area contributed by atoms with Crippen molar-refractivity contribution >= 4 is 11.6 Å². The first-order chi connectivity index (χ1) is 10.6. The van der Waals surface area contributed by atoms with Gasteiger partial charge in [0.2, 0.25) is 0 Å². The van der Waals surface area contributed by atoms with Crippen molar-refractivity contribution in [3.63, 3.8) is 0 Å². The van der Waals surface area contributed by atoms with E-state index in [4.69, 9.17) is 4.74 Å². The lowest BCUT2D eigenvalue weighted by Crippen LogP contribution is -2.42. The summed E-state index contributed by atoms with van der Waals surface area (Å²) in [6.07, 6.45) is 2.22. The molecule has 0 radical (unpaired) electrons. The highest BCUT2D eigenvalue weighted by Gasteiger charge is 2.29. The Balaban J connectivity index is 1.85. The van der Waals surface area contributed by atoms with E-state index in [1.165, 1.54) is 11.3 Å². The Hall–Kier alpha value is -1.55. The maximum absolute atomic E-state index is 12.6. The van der Waals surface area contributed by atoms with Crippen LogP contribution in [0.15, 0.2) is 18.2 Å². The Morgan fingerprint density at radius 1 is 1.32 bits per heavy atom. The molecule has 2 aliphatic rings. The number of benzene rings is 1. The summed E-state index contributed by atoms with van der Waals surface area (Å²) in [6, 6.07) is 6.80. The van der Waals surface area contributed by atoms with Gasteiger partial charge in [-0.05, 0) is 42.5 Å². The van der Waals surface area contributed by atoms with E-state index >= 15 is 0 Å². The SMILES string of the molecule is CC[C@H]1[C@H](C)Cc2cc(C(=O)N3CCOCC3)ccc2N1C. The van der Waals surface area contributed by atoms with E-state index in [1.54, 1.807) is 0 Å². The molecule has 120 valence electrons. The van der Waals surface area contributed by atoms with Crippen molar-refractivity contribution in [1.82, 2.24) is 4.90 Å². The summed E-state index contributed by atoms with van der Waals surface area (Å²) in [5.74, 6) is 0.759. The van der Waals surface area contributed by atoms with Crippen LogP contribution in [-0.2, 0) is 11.2 Å². The molecule has 1 amide bonds. The Labute approximate surface area is 133 Å². The van der Waals surface area contributed by atoms with Crippen molar-refractivity contribution in [3.05, 3.63) is 29.3 Å². The van der Waals surface area contributed by atoms with Gasteiger partial charge in [-0.2, -0.15) is 0 Å². The summed E-state index contributed by atoms with van der Waals surface area (Å²) in [5, 5.41) is 0. The molecule has 3 rings (SSSR count). The lowest BCUT2D eigenvalue weighted by Gasteiger charge is -2.40. The molecule has 4 nitrogen and oxygen atoms in total. The third kappa shape index (κ3) is 2.72. The molecule has 1 saturated heterocycles. The molecule has 0 aliphatic carbocycles. The summed E-state index contributed by atoms with van der Waals surface area (Å²) < 4.78 is 5.33. The predicted molar refractivity (Wildman–Crippen MR) is 88.5 cm³/mol. The Morgan fingerprint density at radius 2 is 2.05 bits per heavy atom. The summed E-state index contributed by atoms with van der Waals surface area (Å²) in [6.45, 7) is 7.25. The van der Waals surface area contributed by atoms with E-state index in [9.17, 15) is 4.79 Å². The van der Waals surface area contributed by atoms with Crippen molar-refractivity contribution in [2.75, 3.05) is 38.3 Å². The fourth-order valence-electron chi connectivity index (χ4n) is 3.89. The minimum absolute atomic E-state index is 0.138. The Bertz CT molecular complexity index is 552. The molecule has 0 saturated carbocycles. The van der Waals surface area contributed by atoms with Gasteiger partial charge in [0, 0.05) is 37.4 Å². The van der Waals surface area contributed by atoms with Gasteiger partial charge < -0.3 is 14.5 Å². The van der Waals surface area contributed by atoms with Gasteiger partial charge in [-0.25, -0.2) is 0 Å². The lowest BCUT2D eigenvalue weighted by atomic mass is 9.85. The number of fused-ring (bicyclic) bond motifs is 1. The molecule has 0 spiro atoms. The van der Waals surface area contributed by atoms with Gasteiger partial charge in [0.1, 0.15) is 0 Å². The number of morpholine rings is 1. The first-order valence-corrected chi connectivity index (χ1v) is 8.34. The molecule has 0 N–H and O–H groups in total.